The van der Waals surface area contributed by atoms with Gasteiger partial charge in [-0.25, -0.2) is 0 Å². The molecule has 13 heavy (non-hydrogen) atoms. The van der Waals surface area contributed by atoms with Gasteiger partial charge in [0.2, 0.25) is 0 Å². The molecule has 0 spiro atoms. The van der Waals surface area contributed by atoms with Crippen molar-refractivity contribution in [3.05, 3.63) is 0 Å². The quantitative estimate of drug-likeness (QED) is 0.417. The van der Waals surface area contributed by atoms with E-state index in [1.54, 1.807) is 0 Å². The zero-order valence-electron chi connectivity index (χ0n) is 6.66. The van der Waals surface area contributed by atoms with Crippen molar-refractivity contribution in [2.45, 2.75) is 0 Å². The van der Waals surface area contributed by atoms with Crippen molar-refractivity contribution >= 4 is 12.3 Å². The third-order valence-electron chi connectivity index (χ3n) is 0. The van der Waals surface area contributed by atoms with Gasteiger partial charge in [-0.1, -0.05) is 0 Å². The summed E-state index contributed by atoms with van der Waals surface area (Å²) in [4.78, 5) is 16.7. The van der Waals surface area contributed by atoms with Crippen LogP contribution in [0.25, 0.3) is 0 Å². The van der Waals surface area contributed by atoms with Gasteiger partial charge >= 0.3 is 44.6 Å². The monoisotopic (exact) mass is 325 g/mol. The average molecular weight is 327 g/mol. The molecular weight excluding hydrogens is 319 g/mol. The number of carbonyl (C=O) groups excluding carboxylic acids is 2. The molecule has 0 aliphatic heterocycles. The molecule has 0 aliphatic carbocycles. The minimum absolute atomic E-state index is 0. The predicted octanol–water partition coefficient (Wildman–Crippen LogP) is -4.27. The Labute approximate surface area is 99.1 Å². The number of carboxylic acid groups (broad SMARTS) is 4. The Balaban J connectivity index is -0.0000000133. The zero-order valence-corrected chi connectivity index (χ0v) is 10.1. The van der Waals surface area contributed by atoms with Crippen molar-refractivity contribution < 1.29 is 74.6 Å². The molecule has 0 saturated carbocycles. The molecular formula is C2H8CuN2O7Zr. The summed E-state index contributed by atoms with van der Waals surface area (Å²) in [5, 5.41) is 33.3. The van der Waals surface area contributed by atoms with Crippen LogP contribution in [0.15, 0.2) is 0 Å². The first kappa shape index (κ1) is 38.8. The van der Waals surface area contributed by atoms with Crippen molar-refractivity contribution in [1.82, 2.24) is 12.3 Å². The van der Waals surface area contributed by atoms with E-state index in [0.717, 1.165) is 0 Å². The van der Waals surface area contributed by atoms with Crippen LogP contribution in [0.5, 0.6) is 0 Å². The van der Waals surface area contributed by atoms with Crippen molar-refractivity contribution in [2.24, 2.45) is 0 Å². The summed E-state index contributed by atoms with van der Waals surface area (Å²) in [5.74, 6) is 0. The maximum absolute atomic E-state index is 8.34. The molecule has 0 heterocycles. The van der Waals surface area contributed by atoms with Crippen LogP contribution in [0.4, 0.5) is 9.59 Å². The number of hydrogen-bond acceptors (Lipinski definition) is 7. The number of quaternary nitrogens is 2. The standard InChI is InChI=1S/2CH2O3.Cu.2H3N.O.Zr/c2*2-1(3)4;;;;;/h2*(H2,2,3,4);;2*1H3;;/q;;+2;;;;/p-2. The van der Waals surface area contributed by atoms with Crippen molar-refractivity contribution in [3.8, 4) is 0 Å². The molecule has 0 aromatic rings. The van der Waals surface area contributed by atoms with Crippen LogP contribution in [0, 0.1) is 0 Å². The van der Waals surface area contributed by atoms with E-state index in [4.69, 9.17) is 32.8 Å². The molecule has 0 unspecified atom stereocenters. The molecule has 0 saturated heterocycles. The molecule has 0 atom stereocenters. The van der Waals surface area contributed by atoms with Crippen molar-refractivity contribution in [3.63, 3.8) is 0 Å². The van der Waals surface area contributed by atoms with Crippen LogP contribution < -0.4 is 32.7 Å². The Morgan fingerprint density at radius 1 is 0.769 bits per heavy atom. The molecule has 9 nitrogen and oxygen atoms in total. The molecule has 0 aromatic heterocycles. The molecule has 0 aliphatic rings. The SMILES string of the molecule is O=C([O-])[O-].O=C([O-])[O-].[Cu+2].[NH4+].[NH4+].[O]=[Zr]. The second-order valence-electron chi connectivity index (χ2n) is 0.500. The van der Waals surface area contributed by atoms with Gasteiger partial charge in [-0.15, -0.1) is 0 Å². The molecule has 0 aromatic carbocycles. The van der Waals surface area contributed by atoms with E-state index in [-0.39, 0.29) is 29.4 Å². The van der Waals surface area contributed by atoms with E-state index in [0.29, 0.717) is 24.7 Å². The molecule has 1 radical (unpaired) electrons. The van der Waals surface area contributed by atoms with Gasteiger partial charge in [-0.3, -0.25) is 0 Å². The van der Waals surface area contributed by atoms with Crippen LogP contribution in [0.3, 0.4) is 0 Å². The van der Waals surface area contributed by atoms with Gasteiger partial charge in [0.1, 0.15) is 0 Å². The molecule has 0 amide bonds. The Bertz CT molecular complexity index is 92.7. The fraction of sp³-hybridized carbons (Fsp3) is 0. The van der Waals surface area contributed by atoms with Crippen LogP contribution in [-0.4, -0.2) is 12.3 Å². The Morgan fingerprint density at radius 2 is 0.769 bits per heavy atom. The normalized spacial score (nSPS) is 3.92. The van der Waals surface area contributed by atoms with E-state index >= 15 is 0 Å². The number of hydrogen-bond donors (Lipinski definition) is 2. The second-order valence-corrected chi connectivity index (χ2v) is 0.500. The van der Waals surface area contributed by atoms with E-state index in [2.05, 4.69) is 0 Å². The van der Waals surface area contributed by atoms with Crippen LogP contribution in [-0.2, 0) is 44.6 Å². The second kappa shape index (κ2) is 41.4. The number of rotatable bonds is 0. The van der Waals surface area contributed by atoms with Crippen LogP contribution >= 0.6 is 0 Å². The topological polar surface area (TPSA) is 216 Å². The molecule has 0 bridgehead atoms. The predicted molar refractivity (Wildman–Crippen MR) is 23.4 cm³/mol. The first-order valence-electron chi connectivity index (χ1n) is 1.43. The van der Waals surface area contributed by atoms with Gasteiger partial charge in [0.15, 0.2) is 0 Å². The summed E-state index contributed by atoms with van der Waals surface area (Å²) < 4.78 is 8.34. The molecule has 0 rings (SSSR count). The maximum atomic E-state index is 8.34. The summed E-state index contributed by atoms with van der Waals surface area (Å²) in [6.07, 6.45) is -4.67. The Morgan fingerprint density at radius 3 is 0.769 bits per heavy atom. The third-order valence-corrected chi connectivity index (χ3v) is 0. The summed E-state index contributed by atoms with van der Waals surface area (Å²) in [6.45, 7) is 0. The van der Waals surface area contributed by atoms with Crippen LogP contribution in [0.2, 0.25) is 0 Å². The molecule has 8 N–H and O–H groups in total. The summed E-state index contributed by atoms with van der Waals surface area (Å²) in [5.41, 5.74) is 0. The van der Waals surface area contributed by atoms with Crippen molar-refractivity contribution in [1.29, 1.82) is 0 Å². The van der Waals surface area contributed by atoms with Gasteiger partial charge in [-0.2, -0.15) is 0 Å². The number of carbonyl (C=O) groups is 2. The van der Waals surface area contributed by atoms with E-state index < -0.39 is 12.3 Å². The summed E-state index contributed by atoms with van der Waals surface area (Å²) >= 11 is 0.300. The first-order chi connectivity index (χ1) is 4.46. The van der Waals surface area contributed by atoms with Gasteiger partial charge in [0, 0.05) is 0 Å². The third kappa shape index (κ3) is 9570. The average Bonchev–Trinajstić information content (AvgIpc) is 1.66. The summed E-state index contributed by atoms with van der Waals surface area (Å²) in [6, 6.07) is 0. The minimum atomic E-state index is -2.33. The van der Waals surface area contributed by atoms with Crippen molar-refractivity contribution in [2.75, 3.05) is 0 Å². The van der Waals surface area contributed by atoms with E-state index in [1.807, 2.05) is 0 Å². The van der Waals surface area contributed by atoms with E-state index in [1.165, 1.54) is 0 Å². The fourth-order valence-corrected chi connectivity index (χ4v) is 0. The Hall–Kier alpha value is -0.337. The van der Waals surface area contributed by atoms with Gasteiger partial charge < -0.3 is 42.3 Å². The zero-order chi connectivity index (χ0) is 9.15. The molecule has 83 valence electrons. The molecule has 11 heteroatoms. The van der Waals surface area contributed by atoms with E-state index in [9.17, 15) is 0 Å². The van der Waals surface area contributed by atoms with Gasteiger partial charge in [0.05, 0.1) is 0 Å². The van der Waals surface area contributed by atoms with Crippen LogP contribution in [0.1, 0.15) is 0 Å². The van der Waals surface area contributed by atoms with Gasteiger partial charge in [-0.05, 0) is 12.3 Å². The van der Waals surface area contributed by atoms with Gasteiger partial charge in [0.25, 0.3) is 0 Å². The first-order valence-corrected chi connectivity index (χ1v) is 2.43. The summed E-state index contributed by atoms with van der Waals surface area (Å²) in [7, 11) is 0. The fourth-order valence-electron chi connectivity index (χ4n) is 0. The molecule has 0 fully saturated rings. The Kier molecular flexibility index (Phi) is 123.